The average molecular weight is 376 g/mol. The van der Waals surface area contributed by atoms with E-state index in [9.17, 15) is 4.79 Å². The summed E-state index contributed by atoms with van der Waals surface area (Å²) in [5.41, 5.74) is 2.05. The van der Waals surface area contributed by atoms with Crippen molar-refractivity contribution >= 4 is 5.91 Å². The quantitative estimate of drug-likeness (QED) is 0.658. The number of rotatable bonds is 6. The highest BCUT2D eigenvalue weighted by atomic mass is 16.5. The monoisotopic (exact) mass is 376 g/mol. The predicted molar refractivity (Wildman–Crippen MR) is 105 cm³/mol. The molecule has 3 aromatic rings. The second kappa shape index (κ2) is 8.78. The second-order valence-electron chi connectivity index (χ2n) is 7.24. The summed E-state index contributed by atoms with van der Waals surface area (Å²) in [4.78, 5) is 23.1. The second-order valence-corrected chi connectivity index (χ2v) is 7.24. The van der Waals surface area contributed by atoms with Crippen LogP contribution >= 0.6 is 0 Å². The molecule has 1 fully saturated rings. The molecule has 1 aliphatic heterocycles. The van der Waals surface area contributed by atoms with Crippen LogP contribution in [0.2, 0.25) is 0 Å². The maximum Gasteiger partial charge on any atom is 0.227 e. The fourth-order valence-corrected chi connectivity index (χ4v) is 3.66. The molecule has 6 heteroatoms. The summed E-state index contributed by atoms with van der Waals surface area (Å²) in [6.07, 6.45) is 5.77. The number of amides is 1. The van der Waals surface area contributed by atoms with E-state index in [-0.39, 0.29) is 5.91 Å². The van der Waals surface area contributed by atoms with Crippen LogP contribution in [-0.4, -0.2) is 39.0 Å². The zero-order chi connectivity index (χ0) is 19.2. The molecule has 0 atom stereocenters. The number of aryl methyl sites for hydroxylation is 1. The molecule has 0 saturated carbocycles. The van der Waals surface area contributed by atoms with Crippen molar-refractivity contribution < 1.29 is 9.32 Å². The molecule has 144 valence electrons. The summed E-state index contributed by atoms with van der Waals surface area (Å²) in [6, 6.07) is 16.1. The van der Waals surface area contributed by atoms with Gasteiger partial charge in [-0.05, 0) is 42.9 Å². The molecule has 3 heterocycles. The van der Waals surface area contributed by atoms with Crippen LogP contribution in [0.3, 0.4) is 0 Å². The van der Waals surface area contributed by atoms with E-state index in [2.05, 4.69) is 39.4 Å². The van der Waals surface area contributed by atoms with Crippen molar-refractivity contribution in [2.75, 3.05) is 13.1 Å². The van der Waals surface area contributed by atoms with E-state index in [1.54, 1.807) is 6.20 Å². The van der Waals surface area contributed by atoms with Gasteiger partial charge in [0.25, 0.3) is 0 Å². The van der Waals surface area contributed by atoms with Crippen molar-refractivity contribution in [2.24, 2.45) is 5.92 Å². The van der Waals surface area contributed by atoms with Crippen molar-refractivity contribution in [3.05, 3.63) is 66.2 Å². The fourth-order valence-electron chi connectivity index (χ4n) is 3.66. The summed E-state index contributed by atoms with van der Waals surface area (Å²) in [5, 5.41) is 3.95. The van der Waals surface area contributed by atoms with Crippen LogP contribution in [0.15, 0.2) is 59.3 Å². The molecular formula is C22H24N4O2. The lowest BCUT2D eigenvalue weighted by molar-refractivity contribution is -0.132. The van der Waals surface area contributed by atoms with Crippen LogP contribution < -0.4 is 0 Å². The Morgan fingerprint density at radius 1 is 1.07 bits per heavy atom. The maximum absolute atomic E-state index is 12.5. The molecule has 0 radical (unpaired) electrons. The minimum absolute atomic E-state index is 0.163. The molecular weight excluding hydrogens is 352 g/mol. The number of hydrogen-bond acceptors (Lipinski definition) is 5. The summed E-state index contributed by atoms with van der Waals surface area (Å²) in [7, 11) is 0. The summed E-state index contributed by atoms with van der Waals surface area (Å²) in [6.45, 7) is 1.67. The van der Waals surface area contributed by atoms with Crippen molar-refractivity contribution in [3.8, 4) is 11.5 Å². The van der Waals surface area contributed by atoms with E-state index in [1.165, 1.54) is 5.56 Å². The number of piperidine rings is 1. The molecule has 1 aliphatic rings. The predicted octanol–water partition coefficient (Wildman–Crippen LogP) is 3.55. The highest BCUT2D eigenvalue weighted by molar-refractivity contribution is 5.76. The van der Waals surface area contributed by atoms with Crippen LogP contribution in [-0.2, 0) is 17.6 Å². The third-order valence-corrected chi connectivity index (χ3v) is 5.25. The summed E-state index contributed by atoms with van der Waals surface area (Å²) < 4.78 is 5.27. The van der Waals surface area contributed by atoms with Crippen molar-refractivity contribution in [2.45, 2.75) is 32.1 Å². The molecule has 0 N–H and O–H groups in total. The van der Waals surface area contributed by atoms with Gasteiger partial charge < -0.3 is 9.42 Å². The van der Waals surface area contributed by atoms with Gasteiger partial charge in [0.15, 0.2) is 0 Å². The normalized spacial score (nSPS) is 14.9. The van der Waals surface area contributed by atoms with Crippen molar-refractivity contribution in [1.82, 2.24) is 20.0 Å². The van der Waals surface area contributed by atoms with E-state index in [4.69, 9.17) is 4.52 Å². The van der Waals surface area contributed by atoms with Gasteiger partial charge in [-0.1, -0.05) is 41.6 Å². The number of likely N-dealkylation sites (tertiary alicyclic amines) is 1. The fraction of sp³-hybridized carbons (Fsp3) is 0.364. The minimum Gasteiger partial charge on any atom is -0.343 e. The van der Waals surface area contributed by atoms with Gasteiger partial charge in [-0.2, -0.15) is 4.98 Å². The minimum atomic E-state index is 0.163. The Morgan fingerprint density at radius 2 is 1.86 bits per heavy atom. The van der Waals surface area contributed by atoms with E-state index in [0.717, 1.165) is 32.4 Å². The van der Waals surface area contributed by atoms with Gasteiger partial charge in [0.1, 0.15) is 5.69 Å². The van der Waals surface area contributed by atoms with E-state index < -0.39 is 0 Å². The zero-order valence-electron chi connectivity index (χ0n) is 15.8. The topological polar surface area (TPSA) is 72.1 Å². The van der Waals surface area contributed by atoms with Gasteiger partial charge >= 0.3 is 0 Å². The van der Waals surface area contributed by atoms with E-state index in [1.807, 2.05) is 29.2 Å². The number of pyridine rings is 1. The number of carbonyl (C=O) groups is 1. The summed E-state index contributed by atoms with van der Waals surface area (Å²) >= 11 is 0. The van der Waals surface area contributed by atoms with Gasteiger partial charge in [-0.25, -0.2) is 0 Å². The van der Waals surface area contributed by atoms with Crippen molar-refractivity contribution in [3.63, 3.8) is 0 Å². The Morgan fingerprint density at radius 3 is 2.61 bits per heavy atom. The van der Waals surface area contributed by atoms with E-state index >= 15 is 0 Å². The lowest BCUT2D eigenvalue weighted by Crippen LogP contribution is -2.39. The first-order valence-electron chi connectivity index (χ1n) is 9.83. The number of hydrogen-bond donors (Lipinski definition) is 0. The largest absolute Gasteiger partial charge is 0.343 e. The SMILES string of the molecule is O=C(CCc1nc(-c2ccccn2)no1)N1CCC(Cc2ccccc2)CC1. The highest BCUT2D eigenvalue weighted by Gasteiger charge is 2.23. The highest BCUT2D eigenvalue weighted by Crippen LogP contribution is 2.22. The molecule has 0 bridgehead atoms. The molecule has 1 aromatic carbocycles. The molecule has 28 heavy (non-hydrogen) atoms. The number of benzene rings is 1. The molecule has 4 rings (SSSR count). The van der Waals surface area contributed by atoms with Crippen LogP contribution in [0.5, 0.6) is 0 Å². The van der Waals surface area contributed by atoms with Gasteiger partial charge in [0.2, 0.25) is 17.6 Å². The van der Waals surface area contributed by atoms with Crippen LogP contribution in [0.25, 0.3) is 11.5 Å². The van der Waals surface area contributed by atoms with Crippen LogP contribution in [0, 0.1) is 5.92 Å². The first kappa shape index (κ1) is 18.3. The molecule has 2 aromatic heterocycles. The Kier molecular flexibility index (Phi) is 5.75. The first-order chi connectivity index (χ1) is 13.8. The lowest BCUT2D eigenvalue weighted by Gasteiger charge is -2.32. The smallest absolute Gasteiger partial charge is 0.227 e. The Bertz CT molecular complexity index is 887. The lowest BCUT2D eigenvalue weighted by atomic mass is 9.90. The summed E-state index contributed by atoms with van der Waals surface area (Å²) in [5.74, 6) is 1.76. The Balaban J connectivity index is 1.23. The first-order valence-corrected chi connectivity index (χ1v) is 9.83. The van der Waals surface area contributed by atoms with Gasteiger partial charge in [0.05, 0.1) is 0 Å². The van der Waals surface area contributed by atoms with Crippen LogP contribution in [0.4, 0.5) is 0 Å². The molecule has 0 aliphatic carbocycles. The maximum atomic E-state index is 12.5. The van der Waals surface area contributed by atoms with Gasteiger partial charge in [-0.15, -0.1) is 0 Å². The molecule has 0 unspecified atom stereocenters. The van der Waals surface area contributed by atoms with E-state index in [0.29, 0.717) is 36.2 Å². The number of aromatic nitrogens is 3. The van der Waals surface area contributed by atoms with Crippen molar-refractivity contribution in [1.29, 1.82) is 0 Å². The third kappa shape index (κ3) is 4.63. The third-order valence-electron chi connectivity index (χ3n) is 5.25. The molecule has 1 saturated heterocycles. The standard InChI is InChI=1S/C22H24N4O2/c27-21(10-9-20-24-22(25-28-20)19-8-4-5-13-23-19)26-14-11-18(12-15-26)16-17-6-2-1-3-7-17/h1-8,13,18H,9-12,14-16H2. The molecule has 0 spiro atoms. The molecule has 6 nitrogen and oxygen atoms in total. The zero-order valence-corrected chi connectivity index (χ0v) is 15.8. The molecule has 1 amide bonds. The van der Waals surface area contributed by atoms with Crippen LogP contribution in [0.1, 0.15) is 30.7 Å². The number of carbonyl (C=O) groups excluding carboxylic acids is 1. The van der Waals surface area contributed by atoms with Gasteiger partial charge in [-0.3, -0.25) is 9.78 Å². The van der Waals surface area contributed by atoms with Gasteiger partial charge in [0, 0.05) is 32.1 Å². The number of nitrogens with zero attached hydrogens (tertiary/aromatic N) is 4. The Labute approximate surface area is 164 Å². The average Bonchev–Trinajstić information content (AvgIpc) is 3.23. The Hall–Kier alpha value is -3.02.